The molecule has 232 valence electrons. The van der Waals surface area contributed by atoms with E-state index < -0.39 is 5.76 Å². The predicted molar refractivity (Wildman–Crippen MR) is 173 cm³/mol. The first-order valence-electron chi connectivity index (χ1n) is 15.6. The number of ether oxygens (including phenoxy) is 1. The first-order valence-corrected chi connectivity index (χ1v) is 15.6. The monoisotopic (exact) mass is 606 g/mol. The zero-order valence-electron chi connectivity index (χ0n) is 25.8. The summed E-state index contributed by atoms with van der Waals surface area (Å²) in [6.07, 6.45) is 4.27. The second-order valence-electron chi connectivity index (χ2n) is 11.9. The van der Waals surface area contributed by atoms with Gasteiger partial charge < -0.3 is 9.84 Å². The molecule has 1 aliphatic rings. The molecule has 1 fully saturated rings. The lowest BCUT2D eigenvalue weighted by Crippen LogP contribution is -2.33. The SMILES string of the molecule is CCCc1nc(C)n(-c2ccc(OC3CCC(O)C(C)C3)cc2)c(=O)c1Cc1ccc(-c2ccccc2-c2noc(=O)[nH]2)cc1. The maximum absolute atomic E-state index is 14.1. The summed E-state index contributed by atoms with van der Waals surface area (Å²) in [5, 5.41) is 13.9. The van der Waals surface area contributed by atoms with Crippen molar-refractivity contribution in [1.29, 1.82) is 0 Å². The molecule has 0 saturated heterocycles. The Hall–Kier alpha value is -4.76. The van der Waals surface area contributed by atoms with Crippen LogP contribution in [0, 0.1) is 12.8 Å². The van der Waals surface area contributed by atoms with E-state index in [0.717, 1.165) is 71.5 Å². The van der Waals surface area contributed by atoms with Gasteiger partial charge in [-0.1, -0.05) is 74.0 Å². The Morgan fingerprint density at radius 2 is 1.73 bits per heavy atom. The lowest BCUT2D eigenvalue weighted by atomic mass is 9.86. The summed E-state index contributed by atoms with van der Waals surface area (Å²) in [5.74, 6) is 1.39. The van der Waals surface area contributed by atoms with E-state index in [9.17, 15) is 14.7 Å². The Balaban J connectivity index is 1.26. The fourth-order valence-corrected chi connectivity index (χ4v) is 6.24. The smallest absolute Gasteiger partial charge is 0.439 e. The molecule has 0 spiro atoms. The van der Waals surface area contributed by atoms with Gasteiger partial charge in [0.15, 0.2) is 5.82 Å². The van der Waals surface area contributed by atoms with Gasteiger partial charge in [-0.2, -0.15) is 0 Å². The van der Waals surface area contributed by atoms with Crippen LogP contribution in [-0.4, -0.2) is 37.0 Å². The van der Waals surface area contributed by atoms with Gasteiger partial charge >= 0.3 is 5.76 Å². The third kappa shape index (κ3) is 6.54. The average molecular weight is 607 g/mol. The number of hydrogen-bond acceptors (Lipinski definition) is 7. The van der Waals surface area contributed by atoms with Crippen LogP contribution in [0.3, 0.4) is 0 Å². The van der Waals surface area contributed by atoms with Gasteiger partial charge in [-0.3, -0.25) is 18.9 Å². The number of aromatic amines is 1. The standard InChI is InChI=1S/C36H38N4O5/c1-4-7-32-31(21-24-10-12-25(13-11-24)29-8-5-6-9-30(29)34-38-36(43)45-39-34)35(42)40(23(3)37-32)26-14-16-27(17-15-26)44-28-18-19-33(41)22(2)20-28/h5-6,8-17,22,28,33,41H,4,7,18-21H2,1-3H3,(H,38,39,43). The predicted octanol–water partition coefficient (Wildman–Crippen LogP) is 6.02. The summed E-state index contributed by atoms with van der Waals surface area (Å²) in [6.45, 7) is 6.02. The zero-order chi connectivity index (χ0) is 31.5. The normalized spacial score (nSPS) is 18.2. The highest BCUT2D eigenvalue weighted by atomic mass is 16.5. The van der Waals surface area contributed by atoms with Crippen molar-refractivity contribution >= 4 is 0 Å². The van der Waals surface area contributed by atoms with E-state index in [1.807, 2.05) is 79.7 Å². The first kappa shape index (κ1) is 30.3. The largest absolute Gasteiger partial charge is 0.490 e. The molecule has 0 bridgehead atoms. The van der Waals surface area contributed by atoms with E-state index in [-0.39, 0.29) is 23.7 Å². The molecule has 5 aromatic rings. The number of aliphatic hydroxyl groups is 1. The van der Waals surface area contributed by atoms with E-state index in [1.54, 1.807) is 4.57 Å². The zero-order valence-corrected chi connectivity index (χ0v) is 25.8. The summed E-state index contributed by atoms with van der Waals surface area (Å²) in [6, 6.07) is 23.4. The van der Waals surface area contributed by atoms with E-state index in [0.29, 0.717) is 23.6 Å². The molecule has 2 aromatic heterocycles. The van der Waals surface area contributed by atoms with Crippen molar-refractivity contribution in [3.63, 3.8) is 0 Å². The number of nitrogens with zero attached hydrogens (tertiary/aromatic N) is 3. The lowest BCUT2D eigenvalue weighted by molar-refractivity contribution is 0.0244. The van der Waals surface area contributed by atoms with Gasteiger partial charge in [-0.15, -0.1) is 0 Å². The highest BCUT2D eigenvalue weighted by molar-refractivity contribution is 5.80. The van der Waals surface area contributed by atoms with Crippen LogP contribution in [0.4, 0.5) is 0 Å². The van der Waals surface area contributed by atoms with E-state index in [1.165, 1.54) is 0 Å². The molecule has 9 nitrogen and oxygen atoms in total. The number of nitrogens with one attached hydrogen (secondary N) is 1. The topological polar surface area (TPSA) is 123 Å². The van der Waals surface area contributed by atoms with Crippen molar-refractivity contribution in [2.45, 2.75) is 71.5 Å². The maximum Gasteiger partial charge on any atom is 0.439 e. The minimum Gasteiger partial charge on any atom is -0.490 e. The van der Waals surface area contributed by atoms with E-state index >= 15 is 0 Å². The van der Waals surface area contributed by atoms with Gasteiger partial charge in [-0.05, 0) is 79.5 Å². The Bertz CT molecular complexity index is 1890. The molecule has 3 aromatic carbocycles. The maximum atomic E-state index is 14.1. The van der Waals surface area contributed by atoms with Crippen LogP contribution in [0.1, 0.15) is 62.2 Å². The Morgan fingerprint density at radius 3 is 2.40 bits per heavy atom. The fraction of sp³-hybridized carbons (Fsp3) is 0.333. The number of hydrogen-bond donors (Lipinski definition) is 2. The van der Waals surface area contributed by atoms with E-state index in [4.69, 9.17) is 14.2 Å². The molecule has 1 saturated carbocycles. The van der Waals surface area contributed by atoms with Crippen molar-refractivity contribution in [3.8, 4) is 34.0 Å². The fourth-order valence-electron chi connectivity index (χ4n) is 6.24. The molecule has 0 amide bonds. The van der Waals surface area contributed by atoms with Crippen LogP contribution in [0.15, 0.2) is 86.9 Å². The van der Waals surface area contributed by atoms with Crippen LogP contribution in [-0.2, 0) is 12.8 Å². The molecule has 0 radical (unpaired) electrons. The summed E-state index contributed by atoms with van der Waals surface area (Å²) < 4.78 is 12.6. The van der Waals surface area contributed by atoms with Crippen molar-refractivity contribution in [1.82, 2.24) is 19.7 Å². The minimum atomic E-state index is -0.602. The second kappa shape index (κ2) is 13.1. The lowest BCUT2D eigenvalue weighted by Gasteiger charge is -2.31. The summed E-state index contributed by atoms with van der Waals surface area (Å²) >= 11 is 0. The van der Waals surface area contributed by atoms with Crippen LogP contribution in [0.2, 0.25) is 0 Å². The Labute approximate surface area is 261 Å². The van der Waals surface area contributed by atoms with Gasteiger partial charge in [0.1, 0.15) is 11.6 Å². The van der Waals surface area contributed by atoms with Gasteiger partial charge in [0, 0.05) is 17.5 Å². The molecule has 45 heavy (non-hydrogen) atoms. The first-order chi connectivity index (χ1) is 21.8. The van der Waals surface area contributed by atoms with Crippen LogP contribution >= 0.6 is 0 Å². The summed E-state index contributed by atoms with van der Waals surface area (Å²) in [7, 11) is 0. The van der Waals surface area contributed by atoms with Crippen molar-refractivity contribution in [3.05, 3.63) is 116 Å². The number of aliphatic hydroxyl groups excluding tert-OH is 1. The molecule has 3 atom stereocenters. The Morgan fingerprint density at radius 1 is 1.00 bits per heavy atom. The molecular weight excluding hydrogens is 568 g/mol. The van der Waals surface area contributed by atoms with Gasteiger partial charge in [0.25, 0.3) is 5.56 Å². The molecule has 9 heteroatoms. The van der Waals surface area contributed by atoms with Crippen LogP contribution in [0.25, 0.3) is 28.2 Å². The van der Waals surface area contributed by atoms with Crippen LogP contribution in [0.5, 0.6) is 5.75 Å². The minimum absolute atomic E-state index is 0.0703. The molecule has 3 unspecified atom stereocenters. The van der Waals surface area contributed by atoms with Gasteiger partial charge in [-0.25, -0.2) is 9.78 Å². The Kier molecular flexibility index (Phi) is 8.80. The van der Waals surface area contributed by atoms with Gasteiger partial charge in [0.2, 0.25) is 0 Å². The number of H-pyrrole nitrogens is 1. The number of aromatic nitrogens is 4. The third-order valence-electron chi connectivity index (χ3n) is 8.66. The number of benzene rings is 3. The van der Waals surface area contributed by atoms with Gasteiger partial charge in [0.05, 0.1) is 23.6 Å². The summed E-state index contributed by atoms with van der Waals surface area (Å²) in [4.78, 5) is 33.1. The molecule has 2 heterocycles. The van der Waals surface area contributed by atoms with Crippen LogP contribution < -0.4 is 16.1 Å². The van der Waals surface area contributed by atoms with Crippen molar-refractivity contribution in [2.24, 2.45) is 5.92 Å². The second-order valence-corrected chi connectivity index (χ2v) is 11.9. The molecule has 2 N–H and O–H groups in total. The quantitative estimate of drug-likeness (QED) is 0.210. The number of rotatable bonds is 9. The average Bonchev–Trinajstić information content (AvgIpc) is 3.48. The number of aryl methyl sites for hydroxylation is 2. The van der Waals surface area contributed by atoms with E-state index in [2.05, 4.69) is 24.0 Å². The molecular formula is C36H38N4O5. The van der Waals surface area contributed by atoms with Crippen molar-refractivity contribution in [2.75, 3.05) is 0 Å². The highest BCUT2D eigenvalue weighted by Gasteiger charge is 2.27. The molecule has 1 aliphatic carbocycles. The summed E-state index contributed by atoms with van der Waals surface area (Å²) in [5.41, 5.74) is 5.80. The third-order valence-corrected chi connectivity index (χ3v) is 8.66. The highest BCUT2D eigenvalue weighted by Crippen LogP contribution is 2.31. The molecule has 0 aliphatic heterocycles. The molecule has 6 rings (SSSR count). The van der Waals surface area contributed by atoms with Crippen molar-refractivity contribution < 1.29 is 14.4 Å².